The van der Waals surface area contributed by atoms with Gasteiger partial charge in [-0.1, -0.05) is 54.6 Å². The molecule has 0 spiro atoms. The van der Waals surface area contributed by atoms with Gasteiger partial charge in [-0.2, -0.15) is 0 Å². The molecule has 0 fully saturated rings. The predicted octanol–water partition coefficient (Wildman–Crippen LogP) is 7.57. The first-order valence-electron chi connectivity index (χ1n) is 11.6. The van der Waals surface area contributed by atoms with Gasteiger partial charge in [0.25, 0.3) is 0 Å². The maximum absolute atomic E-state index is 14.1. The van der Waals surface area contributed by atoms with Crippen molar-refractivity contribution < 1.29 is 8.78 Å². The summed E-state index contributed by atoms with van der Waals surface area (Å²) in [4.78, 5) is 2.00. The van der Waals surface area contributed by atoms with Gasteiger partial charge in [-0.05, 0) is 78.1 Å². The van der Waals surface area contributed by atoms with E-state index in [1.807, 2.05) is 17.0 Å². The molecule has 34 heavy (non-hydrogen) atoms. The Hall–Kier alpha value is -3.92. The summed E-state index contributed by atoms with van der Waals surface area (Å²) in [5.74, 6) is -0.622. The van der Waals surface area contributed by atoms with Crippen LogP contribution < -0.4 is 10.2 Å². The standard InChI is InChI=1S/C30H24F2N2/c31-22-5-3-7-25(18-22)34(26-8-4-6-23(32)19-26)24-14-11-20(12-15-24)21-13-16-30-28(17-21)27-9-1-2-10-29(27)33-30/h1-14,17-19,24,30,33H,15-16H2. The maximum atomic E-state index is 14.1. The van der Waals surface area contributed by atoms with Gasteiger partial charge in [-0.15, -0.1) is 0 Å². The molecule has 0 saturated heterocycles. The van der Waals surface area contributed by atoms with Crippen LogP contribution in [-0.4, -0.2) is 12.1 Å². The van der Waals surface area contributed by atoms with E-state index in [0.29, 0.717) is 17.4 Å². The highest BCUT2D eigenvalue weighted by molar-refractivity contribution is 5.89. The van der Waals surface area contributed by atoms with Crippen molar-refractivity contribution in [2.24, 2.45) is 0 Å². The minimum absolute atomic E-state index is 0.0502. The number of halogens is 2. The quantitative estimate of drug-likeness (QED) is 0.441. The van der Waals surface area contributed by atoms with Crippen LogP contribution in [0, 0.1) is 11.6 Å². The molecular weight excluding hydrogens is 426 g/mol. The Bertz CT molecular complexity index is 1340. The third-order valence-electron chi connectivity index (χ3n) is 6.74. The van der Waals surface area contributed by atoms with E-state index in [0.717, 1.165) is 12.8 Å². The summed E-state index contributed by atoms with van der Waals surface area (Å²) in [5, 5.41) is 3.61. The second-order valence-corrected chi connectivity index (χ2v) is 8.89. The second kappa shape index (κ2) is 8.45. The summed E-state index contributed by atoms with van der Waals surface area (Å²) in [6, 6.07) is 21.7. The Morgan fingerprint density at radius 3 is 2.15 bits per heavy atom. The third-order valence-corrected chi connectivity index (χ3v) is 6.74. The van der Waals surface area contributed by atoms with E-state index in [4.69, 9.17) is 0 Å². The second-order valence-electron chi connectivity index (χ2n) is 8.89. The van der Waals surface area contributed by atoms with Crippen LogP contribution in [0.3, 0.4) is 0 Å². The maximum Gasteiger partial charge on any atom is 0.125 e. The lowest BCUT2D eigenvalue weighted by Gasteiger charge is -2.33. The van der Waals surface area contributed by atoms with Crippen LogP contribution in [0.1, 0.15) is 18.4 Å². The van der Waals surface area contributed by atoms with Crippen molar-refractivity contribution in [3.05, 3.63) is 132 Å². The number of nitrogens with zero attached hydrogens (tertiary/aromatic N) is 1. The van der Waals surface area contributed by atoms with Gasteiger partial charge in [-0.3, -0.25) is 0 Å². The van der Waals surface area contributed by atoms with Gasteiger partial charge in [0.05, 0.1) is 12.1 Å². The molecule has 3 aromatic carbocycles. The summed E-state index contributed by atoms with van der Waals surface area (Å²) in [7, 11) is 0. The highest BCUT2D eigenvalue weighted by atomic mass is 19.1. The van der Waals surface area contributed by atoms with Gasteiger partial charge in [0.2, 0.25) is 0 Å². The topological polar surface area (TPSA) is 15.3 Å². The van der Waals surface area contributed by atoms with Crippen LogP contribution in [0.4, 0.5) is 25.8 Å². The lowest BCUT2D eigenvalue weighted by Crippen LogP contribution is -2.30. The summed E-state index contributed by atoms with van der Waals surface area (Å²) in [6.45, 7) is 0. The van der Waals surface area contributed by atoms with E-state index >= 15 is 0 Å². The molecule has 168 valence electrons. The Balaban J connectivity index is 1.29. The number of nitrogens with one attached hydrogen (secondary N) is 1. The first-order chi connectivity index (χ1) is 16.7. The van der Waals surface area contributed by atoms with E-state index in [9.17, 15) is 8.78 Å². The summed E-state index contributed by atoms with van der Waals surface area (Å²) in [6.07, 6.45) is 12.8. The van der Waals surface area contributed by atoms with Crippen molar-refractivity contribution in [2.75, 3.05) is 10.2 Å². The minimum Gasteiger partial charge on any atom is -0.377 e. The molecule has 2 atom stereocenters. The summed E-state index contributed by atoms with van der Waals surface area (Å²) in [5.41, 5.74) is 7.63. The molecular formula is C30H24F2N2. The highest BCUT2D eigenvalue weighted by Crippen LogP contribution is 2.41. The van der Waals surface area contributed by atoms with Crippen molar-refractivity contribution in [1.82, 2.24) is 0 Å². The Morgan fingerprint density at radius 2 is 1.47 bits per heavy atom. The Labute approximate surface area is 198 Å². The molecule has 2 aliphatic carbocycles. The van der Waals surface area contributed by atoms with E-state index in [2.05, 4.69) is 60.0 Å². The number of rotatable bonds is 4. The van der Waals surface area contributed by atoms with Crippen LogP contribution in [0.15, 0.2) is 114 Å². The number of benzene rings is 3. The van der Waals surface area contributed by atoms with E-state index < -0.39 is 0 Å². The number of para-hydroxylation sites is 1. The number of hydrogen-bond donors (Lipinski definition) is 1. The molecule has 0 aromatic heterocycles. The first kappa shape index (κ1) is 20.7. The van der Waals surface area contributed by atoms with Crippen LogP contribution in [-0.2, 0) is 0 Å². The van der Waals surface area contributed by atoms with Crippen molar-refractivity contribution in [3.8, 4) is 0 Å². The molecule has 3 aliphatic rings. The largest absolute Gasteiger partial charge is 0.377 e. The van der Waals surface area contributed by atoms with E-state index in [-0.39, 0.29) is 17.7 Å². The smallest absolute Gasteiger partial charge is 0.125 e. The fourth-order valence-electron chi connectivity index (χ4n) is 5.15. The van der Waals surface area contributed by atoms with Crippen LogP contribution in [0.25, 0.3) is 5.57 Å². The number of allylic oxidation sites excluding steroid dienone is 4. The van der Waals surface area contributed by atoms with Crippen molar-refractivity contribution >= 4 is 22.6 Å². The lowest BCUT2D eigenvalue weighted by molar-refractivity contribution is 0.624. The SMILES string of the molecule is Fc1cccc(N(c2cccc(F)c2)C2C=CC(C3=CCC4Nc5ccccc5C4=C3)=CC2)c1. The minimum atomic E-state index is -0.311. The molecule has 4 heteroatoms. The molecule has 3 aromatic rings. The highest BCUT2D eigenvalue weighted by Gasteiger charge is 2.28. The lowest BCUT2D eigenvalue weighted by atomic mass is 9.87. The first-order valence-corrected chi connectivity index (χ1v) is 11.6. The number of fused-ring (bicyclic) bond motifs is 3. The fourth-order valence-corrected chi connectivity index (χ4v) is 5.15. The van der Waals surface area contributed by atoms with Crippen LogP contribution in [0.5, 0.6) is 0 Å². The van der Waals surface area contributed by atoms with Gasteiger partial charge in [0, 0.05) is 22.6 Å². The molecule has 1 heterocycles. The zero-order chi connectivity index (χ0) is 23.1. The third kappa shape index (κ3) is 3.75. The molecule has 0 amide bonds. The molecule has 6 rings (SSSR count). The number of anilines is 3. The van der Waals surface area contributed by atoms with E-state index in [1.54, 1.807) is 12.1 Å². The molecule has 2 unspecified atom stereocenters. The molecule has 0 saturated carbocycles. The Morgan fingerprint density at radius 1 is 0.765 bits per heavy atom. The summed E-state index contributed by atoms with van der Waals surface area (Å²) < 4.78 is 28.1. The van der Waals surface area contributed by atoms with E-state index in [1.165, 1.54) is 52.2 Å². The number of hydrogen-bond acceptors (Lipinski definition) is 2. The van der Waals surface area contributed by atoms with Crippen molar-refractivity contribution in [1.29, 1.82) is 0 Å². The van der Waals surface area contributed by atoms with Crippen molar-refractivity contribution in [3.63, 3.8) is 0 Å². The molecule has 0 bridgehead atoms. The van der Waals surface area contributed by atoms with Crippen LogP contribution >= 0.6 is 0 Å². The zero-order valence-electron chi connectivity index (χ0n) is 18.6. The summed E-state index contributed by atoms with van der Waals surface area (Å²) >= 11 is 0. The zero-order valence-corrected chi connectivity index (χ0v) is 18.6. The molecule has 2 nitrogen and oxygen atoms in total. The monoisotopic (exact) mass is 450 g/mol. The van der Waals surface area contributed by atoms with Gasteiger partial charge < -0.3 is 10.2 Å². The molecule has 0 radical (unpaired) electrons. The average molecular weight is 451 g/mol. The van der Waals surface area contributed by atoms with Crippen LogP contribution in [0.2, 0.25) is 0 Å². The fraction of sp³-hybridized carbons (Fsp3) is 0.133. The molecule has 1 N–H and O–H groups in total. The Kier molecular flexibility index (Phi) is 5.14. The van der Waals surface area contributed by atoms with Gasteiger partial charge >= 0.3 is 0 Å². The van der Waals surface area contributed by atoms with Gasteiger partial charge in [0.15, 0.2) is 0 Å². The molecule has 1 aliphatic heterocycles. The predicted molar refractivity (Wildman–Crippen MR) is 135 cm³/mol. The average Bonchev–Trinajstić information content (AvgIpc) is 3.23. The van der Waals surface area contributed by atoms with Gasteiger partial charge in [0.1, 0.15) is 11.6 Å². The van der Waals surface area contributed by atoms with Crippen molar-refractivity contribution in [2.45, 2.75) is 24.9 Å². The van der Waals surface area contributed by atoms with Gasteiger partial charge in [-0.25, -0.2) is 8.78 Å². The normalized spacial score (nSPS) is 20.5.